The summed E-state index contributed by atoms with van der Waals surface area (Å²) in [5.74, 6) is 0.499. The van der Waals surface area contributed by atoms with Gasteiger partial charge in [0, 0.05) is 5.92 Å². The lowest BCUT2D eigenvalue weighted by molar-refractivity contribution is -0.122. The van der Waals surface area contributed by atoms with Crippen LogP contribution in [0.15, 0.2) is 24.3 Å². The lowest BCUT2D eigenvalue weighted by Crippen LogP contribution is -2.23. The molecule has 0 aromatic heterocycles. The van der Waals surface area contributed by atoms with Crippen molar-refractivity contribution in [2.75, 3.05) is 0 Å². The van der Waals surface area contributed by atoms with Gasteiger partial charge >= 0.3 is 0 Å². The van der Waals surface area contributed by atoms with Gasteiger partial charge in [0.05, 0.1) is 0 Å². The highest BCUT2D eigenvalue weighted by atomic mass is 19.1. The summed E-state index contributed by atoms with van der Waals surface area (Å²) in [7, 11) is 0. The largest absolute Gasteiger partial charge is 0.300 e. The van der Waals surface area contributed by atoms with E-state index >= 15 is 0 Å². The smallest absolute Gasteiger partial charge is 0.133 e. The van der Waals surface area contributed by atoms with Crippen molar-refractivity contribution in [2.45, 2.75) is 38.5 Å². The highest BCUT2D eigenvalue weighted by molar-refractivity contribution is 5.79. The molecule has 1 aliphatic carbocycles. The van der Waals surface area contributed by atoms with E-state index in [4.69, 9.17) is 0 Å². The molecule has 0 bridgehead atoms. The zero-order valence-corrected chi connectivity index (χ0v) is 9.58. The number of benzene rings is 1. The van der Waals surface area contributed by atoms with Crippen LogP contribution in [0.1, 0.15) is 44.1 Å². The predicted octanol–water partition coefficient (Wildman–Crippen LogP) is 3.69. The van der Waals surface area contributed by atoms with Crippen LogP contribution in [0.2, 0.25) is 0 Å². The van der Waals surface area contributed by atoms with Gasteiger partial charge in [-0.1, -0.05) is 25.0 Å². The molecular weight excluding hydrogens is 203 g/mol. The molecule has 0 radical (unpaired) electrons. The van der Waals surface area contributed by atoms with E-state index in [0.29, 0.717) is 5.92 Å². The summed E-state index contributed by atoms with van der Waals surface area (Å²) in [6.07, 6.45) is 4.35. The molecule has 0 spiro atoms. The molecule has 1 nitrogen and oxygen atoms in total. The number of ketones is 1. The third kappa shape index (κ3) is 2.31. The van der Waals surface area contributed by atoms with Crippen LogP contribution in [0.25, 0.3) is 0 Å². The summed E-state index contributed by atoms with van der Waals surface area (Å²) in [6, 6.07) is 6.62. The number of rotatable bonds is 2. The monoisotopic (exact) mass is 220 g/mol. The summed E-state index contributed by atoms with van der Waals surface area (Å²) in [6.45, 7) is 1.67. The van der Waals surface area contributed by atoms with Crippen LogP contribution in [-0.4, -0.2) is 5.78 Å². The van der Waals surface area contributed by atoms with Crippen molar-refractivity contribution in [2.24, 2.45) is 5.92 Å². The van der Waals surface area contributed by atoms with Gasteiger partial charge in [0.25, 0.3) is 0 Å². The Morgan fingerprint density at radius 1 is 1.19 bits per heavy atom. The first-order chi connectivity index (χ1) is 7.68. The highest BCUT2D eigenvalue weighted by Crippen LogP contribution is 2.38. The minimum atomic E-state index is -0.209. The standard InChI is InChI=1S/C14H17FO/c1-10(16)13-4-2-3-5-14(13)11-6-8-12(15)9-7-11/h6-9,13-14H,2-5H2,1H3. The van der Waals surface area contributed by atoms with E-state index in [2.05, 4.69) is 0 Å². The topological polar surface area (TPSA) is 17.1 Å². The first kappa shape index (κ1) is 11.3. The van der Waals surface area contributed by atoms with Crippen molar-refractivity contribution in [1.29, 1.82) is 0 Å². The lowest BCUT2D eigenvalue weighted by Gasteiger charge is -2.30. The zero-order valence-electron chi connectivity index (χ0n) is 9.58. The molecule has 16 heavy (non-hydrogen) atoms. The summed E-state index contributed by atoms with van der Waals surface area (Å²) < 4.78 is 12.8. The number of halogens is 1. The van der Waals surface area contributed by atoms with E-state index in [1.807, 2.05) is 12.1 Å². The maximum Gasteiger partial charge on any atom is 0.133 e. The third-order valence-corrected chi connectivity index (χ3v) is 3.59. The van der Waals surface area contributed by atoms with Gasteiger partial charge < -0.3 is 0 Å². The molecule has 0 heterocycles. The minimum absolute atomic E-state index is 0.138. The van der Waals surface area contributed by atoms with Gasteiger partial charge in [0.2, 0.25) is 0 Å². The van der Waals surface area contributed by atoms with Gasteiger partial charge in [-0.05, 0) is 43.4 Å². The Labute approximate surface area is 95.7 Å². The second-order valence-corrected chi connectivity index (χ2v) is 4.66. The van der Waals surface area contributed by atoms with E-state index < -0.39 is 0 Å². The number of hydrogen-bond acceptors (Lipinski definition) is 1. The highest BCUT2D eigenvalue weighted by Gasteiger charge is 2.29. The van der Waals surface area contributed by atoms with Gasteiger partial charge in [0.15, 0.2) is 0 Å². The molecule has 0 saturated heterocycles. The van der Waals surface area contributed by atoms with Crippen LogP contribution < -0.4 is 0 Å². The molecular formula is C14H17FO. The average Bonchev–Trinajstić information content (AvgIpc) is 2.30. The quantitative estimate of drug-likeness (QED) is 0.743. The molecule has 1 saturated carbocycles. The summed E-state index contributed by atoms with van der Waals surface area (Å²) in [5, 5.41) is 0. The van der Waals surface area contributed by atoms with E-state index in [1.165, 1.54) is 18.6 Å². The van der Waals surface area contributed by atoms with Gasteiger partial charge in [-0.2, -0.15) is 0 Å². The summed E-state index contributed by atoms with van der Waals surface area (Å²) in [4.78, 5) is 11.6. The van der Waals surface area contributed by atoms with Crippen LogP contribution >= 0.6 is 0 Å². The normalized spacial score (nSPS) is 25.4. The molecule has 86 valence electrons. The van der Waals surface area contributed by atoms with Crippen molar-refractivity contribution in [1.82, 2.24) is 0 Å². The fourth-order valence-corrected chi connectivity index (χ4v) is 2.73. The Morgan fingerprint density at radius 2 is 1.81 bits per heavy atom. The van der Waals surface area contributed by atoms with E-state index in [0.717, 1.165) is 24.8 Å². The SMILES string of the molecule is CC(=O)C1CCCCC1c1ccc(F)cc1. The number of carbonyl (C=O) groups excluding carboxylic acids is 1. The maximum absolute atomic E-state index is 12.8. The van der Waals surface area contributed by atoms with Gasteiger partial charge in [0.1, 0.15) is 11.6 Å². The fraction of sp³-hybridized carbons (Fsp3) is 0.500. The van der Waals surface area contributed by atoms with E-state index in [1.54, 1.807) is 6.92 Å². The first-order valence-corrected chi connectivity index (χ1v) is 5.94. The lowest BCUT2D eigenvalue weighted by atomic mass is 9.74. The molecule has 0 N–H and O–H groups in total. The molecule has 2 heteroatoms. The average molecular weight is 220 g/mol. The van der Waals surface area contributed by atoms with E-state index in [-0.39, 0.29) is 17.5 Å². The second-order valence-electron chi connectivity index (χ2n) is 4.66. The third-order valence-electron chi connectivity index (χ3n) is 3.59. The van der Waals surface area contributed by atoms with Crippen LogP contribution in [0.4, 0.5) is 4.39 Å². The molecule has 2 rings (SSSR count). The van der Waals surface area contributed by atoms with Crippen LogP contribution in [0.5, 0.6) is 0 Å². The molecule has 2 atom stereocenters. The van der Waals surface area contributed by atoms with Crippen LogP contribution in [0, 0.1) is 11.7 Å². The molecule has 1 fully saturated rings. The Bertz CT molecular complexity index is 369. The maximum atomic E-state index is 12.8. The zero-order chi connectivity index (χ0) is 11.5. The summed E-state index contributed by atoms with van der Waals surface area (Å²) in [5.41, 5.74) is 1.11. The van der Waals surface area contributed by atoms with Crippen molar-refractivity contribution >= 4 is 5.78 Å². The van der Waals surface area contributed by atoms with Crippen LogP contribution in [-0.2, 0) is 4.79 Å². The van der Waals surface area contributed by atoms with Gasteiger partial charge in [-0.3, -0.25) is 4.79 Å². The fourth-order valence-electron chi connectivity index (χ4n) is 2.73. The first-order valence-electron chi connectivity index (χ1n) is 5.94. The van der Waals surface area contributed by atoms with E-state index in [9.17, 15) is 9.18 Å². The van der Waals surface area contributed by atoms with Crippen molar-refractivity contribution in [3.05, 3.63) is 35.6 Å². The minimum Gasteiger partial charge on any atom is -0.300 e. The Hall–Kier alpha value is -1.18. The molecule has 1 aromatic rings. The molecule has 1 aliphatic rings. The molecule has 0 aliphatic heterocycles. The molecule has 1 aromatic carbocycles. The van der Waals surface area contributed by atoms with Crippen LogP contribution in [0.3, 0.4) is 0 Å². The Kier molecular flexibility index (Phi) is 3.37. The molecule has 0 amide bonds. The summed E-state index contributed by atoms with van der Waals surface area (Å²) >= 11 is 0. The van der Waals surface area contributed by atoms with Gasteiger partial charge in [-0.25, -0.2) is 4.39 Å². The van der Waals surface area contributed by atoms with Gasteiger partial charge in [-0.15, -0.1) is 0 Å². The van der Waals surface area contributed by atoms with Crippen molar-refractivity contribution in [3.63, 3.8) is 0 Å². The Morgan fingerprint density at radius 3 is 2.44 bits per heavy atom. The molecule has 2 unspecified atom stereocenters. The number of Topliss-reactive ketones (excluding diaryl/α,β-unsaturated/α-hetero) is 1. The Balaban J connectivity index is 2.23. The van der Waals surface area contributed by atoms with Crippen molar-refractivity contribution < 1.29 is 9.18 Å². The number of hydrogen-bond donors (Lipinski definition) is 0. The predicted molar refractivity (Wildman–Crippen MR) is 61.8 cm³/mol. The van der Waals surface area contributed by atoms with Crippen molar-refractivity contribution in [3.8, 4) is 0 Å². The number of carbonyl (C=O) groups is 1. The second kappa shape index (κ2) is 4.77.